The maximum absolute atomic E-state index is 12.4. The zero-order valence-corrected chi connectivity index (χ0v) is 16.8. The molecule has 0 unspecified atom stereocenters. The van der Waals surface area contributed by atoms with Gasteiger partial charge in [0.15, 0.2) is 23.9 Å². The molecule has 154 valence electrons. The summed E-state index contributed by atoms with van der Waals surface area (Å²) >= 11 is 0. The predicted octanol–water partition coefficient (Wildman–Crippen LogP) is 4.06. The van der Waals surface area contributed by atoms with E-state index in [1.54, 1.807) is 68.8 Å². The molecule has 3 rings (SSSR count). The number of methoxy groups -OCH3 is 2. The lowest BCUT2D eigenvalue weighted by molar-refractivity contribution is -0.147. The molecule has 30 heavy (non-hydrogen) atoms. The third-order valence-electron chi connectivity index (χ3n) is 4.36. The van der Waals surface area contributed by atoms with E-state index < -0.39 is 5.97 Å². The Morgan fingerprint density at radius 3 is 2.10 bits per heavy atom. The van der Waals surface area contributed by atoms with Crippen molar-refractivity contribution >= 4 is 11.8 Å². The van der Waals surface area contributed by atoms with Crippen LogP contribution in [0.3, 0.4) is 0 Å². The van der Waals surface area contributed by atoms with Crippen molar-refractivity contribution in [3.63, 3.8) is 0 Å². The van der Waals surface area contributed by atoms with Crippen LogP contribution < -0.4 is 14.2 Å². The molecule has 0 fully saturated rings. The van der Waals surface area contributed by atoms with Gasteiger partial charge in [-0.3, -0.25) is 4.79 Å². The van der Waals surface area contributed by atoms with Crippen molar-refractivity contribution in [2.75, 3.05) is 20.8 Å². The summed E-state index contributed by atoms with van der Waals surface area (Å²) in [6.45, 7) is -0.146. The van der Waals surface area contributed by atoms with Crippen molar-refractivity contribution in [1.82, 2.24) is 0 Å². The molecule has 0 heterocycles. The van der Waals surface area contributed by atoms with E-state index in [4.69, 9.17) is 18.9 Å². The summed E-state index contributed by atoms with van der Waals surface area (Å²) in [5.74, 6) is 1.06. The standard InChI is InChI=1S/C24H22O6/c1-27-21-13-8-17(14-22(21)28-2)15-30-23(25)16-29-20-11-9-19(10-12-20)24(26)18-6-4-3-5-7-18/h3-14H,15-16H2,1-2H3. The highest BCUT2D eigenvalue weighted by atomic mass is 16.6. The maximum Gasteiger partial charge on any atom is 0.344 e. The van der Waals surface area contributed by atoms with E-state index in [9.17, 15) is 9.59 Å². The van der Waals surface area contributed by atoms with Crippen LogP contribution in [0.15, 0.2) is 72.8 Å². The Bertz CT molecular complexity index is 996. The van der Waals surface area contributed by atoms with Crippen molar-refractivity contribution in [1.29, 1.82) is 0 Å². The Morgan fingerprint density at radius 2 is 1.43 bits per heavy atom. The summed E-state index contributed by atoms with van der Waals surface area (Å²) in [6.07, 6.45) is 0. The Labute approximate surface area is 175 Å². The summed E-state index contributed by atoms with van der Waals surface area (Å²) in [5, 5.41) is 0. The molecule has 0 saturated carbocycles. The average molecular weight is 406 g/mol. The second-order valence-corrected chi connectivity index (χ2v) is 6.36. The van der Waals surface area contributed by atoms with Crippen molar-refractivity contribution in [3.05, 3.63) is 89.5 Å². The summed E-state index contributed by atoms with van der Waals surface area (Å²) in [4.78, 5) is 24.4. The lowest BCUT2D eigenvalue weighted by Gasteiger charge is -2.10. The molecular weight excluding hydrogens is 384 g/mol. The van der Waals surface area contributed by atoms with Crippen molar-refractivity contribution < 1.29 is 28.5 Å². The number of carbonyl (C=O) groups excluding carboxylic acids is 2. The van der Waals surface area contributed by atoms with E-state index in [0.717, 1.165) is 5.56 Å². The van der Waals surface area contributed by atoms with E-state index in [0.29, 0.717) is 28.4 Å². The van der Waals surface area contributed by atoms with E-state index >= 15 is 0 Å². The van der Waals surface area contributed by atoms with Gasteiger partial charge in [-0.25, -0.2) is 4.79 Å². The molecule has 0 atom stereocenters. The van der Waals surface area contributed by atoms with Crippen molar-refractivity contribution in [2.45, 2.75) is 6.61 Å². The van der Waals surface area contributed by atoms with Crippen LogP contribution in [0.1, 0.15) is 21.5 Å². The molecule has 0 aliphatic heterocycles. The zero-order chi connectivity index (χ0) is 21.3. The molecule has 0 aliphatic carbocycles. The summed E-state index contributed by atoms with van der Waals surface area (Å²) in [6, 6.07) is 20.9. The molecule has 0 amide bonds. The average Bonchev–Trinajstić information content (AvgIpc) is 2.81. The number of rotatable bonds is 9. The first-order valence-corrected chi connectivity index (χ1v) is 9.30. The fourth-order valence-electron chi connectivity index (χ4n) is 2.78. The smallest absolute Gasteiger partial charge is 0.344 e. The maximum atomic E-state index is 12.4. The molecule has 0 saturated heterocycles. The third kappa shape index (κ3) is 5.38. The number of ketones is 1. The van der Waals surface area contributed by atoms with Crippen LogP contribution >= 0.6 is 0 Å². The normalized spacial score (nSPS) is 10.2. The van der Waals surface area contributed by atoms with Gasteiger partial charge in [0, 0.05) is 11.1 Å². The summed E-state index contributed by atoms with van der Waals surface area (Å²) in [7, 11) is 3.10. The lowest BCUT2D eigenvalue weighted by Crippen LogP contribution is -2.14. The van der Waals surface area contributed by atoms with Gasteiger partial charge < -0.3 is 18.9 Å². The molecule has 6 nitrogen and oxygen atoms in total. The fourth-order valence-corrected chi connectivity index (χ4v) is 2.78. The minimum absolute atomic E-state index is 0.0727. The minimum Gasteiger partial charge on any atom is -0.493 e. The van der Waals surface area contributed by atoms with Gasteiger partial charge in [0.2, 0.25) is 0 Å². The van der Waals surface area contributed by atoms with E-state index in [1.165, 1.54) is 0 Å². The topological polar surface area (TPSA) is 71.1 Å². The number of hydrogen-bond acceptors (Lipinski definition) is 6. The highest BCUT2D eigenvalue weighted by Gasteiger charge is 2.10. The lowest BCUT2D eigenvalue weighted by atomic mass is 10.0. The summed E-state index contributed by atoms with van der Waals surface area (Å²) in [5.41, 5.74) is 1.93. The van der Waals surface area contributed by atoms with Gasteiger partial charge in [0.25, 0.3) is 0 Å². The molecule has 0 aliphatic rings. The molecule has 6 heteroatoms. The number of benzene rings is 3. The number of esters is 1. The SMILES string of the molecule is COc1ccc(COC(=O)COc2ccc(C(=O)c3ccccc3)cc2)cc1OC. The van der Waals surface area contributed by atoms with Crippen molar-refractivity contribution in [2.24, 2.45) is 0 Å². The molecular formula is C24H22O6. The Balaban J connectivity index is 1.49. The summed E-state index contributed by atoms with van der Waals surface area (Å²) < 4.78 is 21.1. The van der Waals surface area contributed by atoms with Crippen LogP contribution in [0.25, 0.3) is 0 Å². The molecule has 0 bridgehead atoms. The third-order valence-corrected chi connectivity index (χ3v) is 4.36. The molecule has 0 aromatic heterocycles. The number of hydrogen-bond donors (Lipinski definition) is 0. The second-order valence-electron chi connectivity index (χ2n) is 6.36. The second kappa shape index (κ2) is 10.1. The Hall–Kier alpha value is -3.80. The largest absolute Gasteiger partial charge is 0.493 e. The predicted molar refractivity (Wildman–Crippen MR) is 111 cm³/mol. The quantitative estimate of drug-likeness (QED) is 0.394. The highest BCUT2D eigenvalue weighted by Crippen LogP contribution is 2.27. The van der Waals surface area contributed by atoms with Crippen LogP contribution in [0.4, 0.5) is 0 Å². The Morgan fingerprint density at radius 1 is 0.767 bits per heavy atom. The van der Waals surface area contributed by atoms with Crippen LogP contribution in [-0.4, -0.2) is 32.6 Å². The van der Waals surface area contributed by atoms with Crippen LogP contribution in [0.5, 0.6) is 17.2 Å². The fraction of sp³-hybridized carbons (Fsp3) is 0.167. The van der Waals surface area contributed by atoms with Crippen molar-refractivity contribution in [3.8, 4) is 17.2 Å². The Kier molecular flexibility index (Phi) is 7.05. The number of carbonyl (C=O) groups is 2. The monoisotopic (exact) mass is 406 g/mol. The molecule has 3 aromatic rings. The zero-order valence-electron chi connectivity index (χ0n) is 16.8. The van der Waals surface area contributed by atoms with E-state index in [2.05, 4.69) is 0 Å². The molecule has 0 N–H and O–H groups in total. The van der Waals surface area contributed by atoms with Crippen LogP contribution in [-0.2, 0) is 16.1 Å². The van der Waals surface area contributed by atoms with Crippen LogP contribution in [0, 0.1) is 0 Å². The van der Waals surface area contributed by atoms with Gasteiger partial charge in [-0.15, -0.1) is 0 Å². The molecule has 3 aromatic carbocycles. The number of ether oxygens (including phenoxy) is 4. The first kappa shape index (κ1) is 20.9. The molecule has 0 radical (unpaired) electrons. The first-order valence-electron chi connectivity index (χ1n) is 9.30. The van der Waals surface area contributed by atoms with Gasteiger partial charge in [-0.05, 0) is 42.0 Å². The van der Waals surface area contributed by atoms with Gasteiger partial charge in [-0.1, -0.05) is 36.4 Å². The van der Waals surface area contributed by atoms with E-state index in [-0.39, 0.29) is 19.0 Å². The van der Waals surface area contributed by atoms with Gasteiger partial charge in [0.1, 0.15) is 12.4 Å². The minimum atomic E-state index is -0.505. The highest BCUT2D eigenvalue weighted by molar-refractivity contribution is 6.08. The van der Waals surface area contributed by atoms with E-state index in [1.807, 2.05) is 18.2 Å². The molecule has 0 spiro atoms. The first-order chi connectivity index (χ1) is 14.6. The van der Waals surface area contributed by atoms with Crippen LogP contribution in [0.2, 0.25) is 0 Å². The van der Waals surface area contributed by atoms with Gasteiger partial charge in [0.05, 0.1) is 14.2 Å². The van der Waals surface area contributed by atoms with Gasteiger partial charge >= 0.3 is 5.97 Å². The van der Waals surface area contributed by atoms with Gasteiger partial charge in [-0.2, -0.15) is 0 Å².